The number of nitrogens with zero attached hydrogens (tertiary/aromatic N) is 1. The highest BCUT2D eigenvalue weighted by Crippen LogP contribution is 2.25. The Morgan fingerprint density at radius 3 is 2.73 bits per heavy atom. The lowest BCUT2D eigenvalue weighted by atomic mass is 10.0. The maximum absolute atomic E-state index is 9.37. The number of aromatic nitrogens is 1. The van der Waals surface area contributed by atoms with Gasteiger partial charge in [0.15, 0.2) is 0 Å². The summed E-state index contributed by atoms with van der Waals surface area (Å²) in [7, 11) is 0. The second kappa shape index (κ2) is 3.21. The van der Waals surface area contributed by atoms with E-state index in [0.717, 1.165) is 29.8 Å². The molecule has 1 aliphatic heterocycles. The third-order valence-corrected chi connectivity index (χ3v) is 2.75. The van der Waals surface area contributed by atoms with Crippen LogP contribution in [0.5, 0.6) is 5.75 Å². The summed E-state index contributed by atoms with van der Waals surface area (Å²) in [5.41, 5.74) is 1.90. The Kier molecular flexibility index (Phi) is 1.86. The largest absolute Gasteiger partial charge is 0.508 e. The Bertz CT molecular complexity index is 506. The summed E-state index contributed by atoms with van der Waals surface area (Å²) in [5, 5.41) is 10.4. The number of pyridine rings is 1. The summed E-state index contributed by atoms with van der Waals surface area (Å²) in [6.07, 6.45) is 0. The smallest absolute Gasteiger partial charge is 0.117 e. The maximum atomic E-state index is 9.37. The number of hydrogen-bond donors (Lipinski definition) is 1. The molecular weight excluding hydrogens is 190 g/mol. The number of benzene rings is 1. The number of fused-ring (bicyclic) bond motifs is 1. The minimum Gasteiger partial charge on any atom is -0.508 e. The number of phenols is 1. The van der Waals surface area contributed by atoms with Gasteiger partial charge in [-0.1, -0.05) is 6.07 Å². The highest BCUT2D eigenvalue weighted by atomic mass is 16.5. The van der Waals surface area contributed by atoms with E-state index in [1.54, 1.807) is 12.1 Å². The Balaban J connectivity index is 2.11. The van der Waals surface area contributed by atoms with Crippen LogP contribution in [0.3, 0.4) is 0 Å². The van der Waals surface area contributed by atoms with Gasteiger partial charge in [-0.3, -0.25) is 4.98 Å². The molecule has 1 aromatic carbocycles. The average molecular weight is 201 g/mol. The predicted octanol–water partition coefficient (Wildman–Crippen LogP) is 2.05. The molecule has 2 aromatic rings. The second-order valence-electron chi connectivity index (χ2n) is 3.85. The van der Waals surface area contributed by atoms with Crippen LogP contribution in [0, 0.1) is 0 Å². The lowest BCUT2D eigenvalue weighted by Gasteiger charge is -2.25. The lowest BCUT2D eigenvalue weighted by Crippen LogP contribution is -2.25. The quantitative estimate of drug-likeness (QED) is 0.767. The Labute approximate surface area is 87.3 Å². The van der Waals surface area contributed by atoms with Gasteiger partial charge in [0.25, 0.3) is 0 Å². The van der Waals surface area contributed by atoms with Gasteiger partial charge in [0, 0.05) is 23.1 Å². The summed E-state index contributed by atoms with van der Waals surface area (Å²) in [5.74, 6) is 0.689. The van der Waals surface area contributed by atoms with Gasteiger partial charge in [0.1, 0.15) is 5.75 Å². The van der Waals surface area contributed by atoms with Crippen LogP contribution in [0.4, 0.5) is 0 Å². The van der Waals surface area contributed by atoms with Crippen LogP contribution < -0.4 is 0 Å². The van der Waals surface area contributed by atoms with Crippen molar-refractivity contribution in [3.8, 4) is 5.75 Å². The first-order chi connectivity index (χ1) is 7.33. The Morgan fingerprint density at radius 2 is 2.00 bits per heavy atom. The van der Waals surface area contributed by atoms with Crippen LogP contribution in [-0.4, -0.2) is 23.3 Å². The Morgan fingerprint density at radius 1 is 1.20 bits per heavy atom. The monoisotopic (exact) mass is 201 g/mol. The Hall–Kier alpha value is -1.61. The van der Waals surface area contributed by atoms with Gasteiger partial charge in [-0.05, 0) is 18.2 Å². The number of ether oxygens (including phenoxy) is 1. The first kappa shape index (κ1) is 8.68. The number of phenolic OH excluding ortho intramolecular Hbond substituents is 1. The maximum Gasteiger partial charge on any atom is 0.117 e. The molecule has 0 radical (unpaired) electrons. The molecule has 15 heavy (non-hydrogen) atoms. The van der Waals surface area contributed by atoms with E-state index < -0.39 is 0 Å². The second-order valence-corrected chi connectivity index (χ2v) is 3.85. The van der Waals surface area contributed by atoms with Crippen molar-refractivity contribution in [2.75, 3.05) is 13.2 Å². The number of aromatic hydroxyl groups is 1. The molecule has 0 atom stereocenters. The third kappa shape index (κ3) is 1.45. The van der Waals surface area contributed by atoms with E-state index in [1.807, 2.05) is 18.2 Å². The molecule has 0 amide bonds. The zero-order chi connectivity index (χ0) is 10.3. The minimum absolute atomic E-state index is 0.261. The molecular formula is C12H11NO2. The first-order valence-corrected chi connectivity index (χ1v) is 5.00. The highest BCUT2D eigenvalue weighted by molar-refractivity contribution is 5.80. The van der Waals surface area contributed by atoms with E-state index in [2.05, 4.69) is 4.98 Å². The summed E-state index contributed by atoms with van der Waals surface area (Å²) < 4.78 is 5.14. The van der Waals surface area contributed by atoms with Crippen molar-refractivity contribution < 1.29 is 9.84 Å². The summed E-state index contributed by atoms with van der Waals surface area (Å²) in [6, 6.07) is 9.31. The van der Waals surface area contributed by atoms with Crippen LogP contribution in [0.25, 0.3) is 10.9 Å². The first-order valence-electron chi connectivity index (χ1n) is 5.00. The molecule has 1 aromatic heterocycles. The van der Waals surface area contributed by atoms with Crippen molar-refractivity contribution in [2.24, 2.45) is 0 Å². The van der Waals surface area contributed by atoms with Crippen molar-refractivity contribution >= 4 is 10.9 Å². The molecule has 1 aliphatic rings. The highest BCUT2D eigenvalue weighted by Gasteiger charge is 2.21. The molecule has 0 bridgehead atoms. The SMILES string of the molecule is Oc1ccc2ccc(C3COC3)nc2c1. The molecule has 2 heterocycles. The van der Waals surface area contributed by atoms with Crippen molar-refractivity contribution in [1.29, 1.82) is 0 Å². The van der Waals surface area contributed by atoms with Gasteiger partial charge in [-0.2, -0.15) is 0 Å². The summed E-state index contributed by atoms with van der Waals surface area (Å²) in [4.78, 5) is 4.52. The zero-order valence-corrected chi connectivity index (χ0v) is 8.18. The topological polar surface area (TPSA) is 42.4 Å². The standard InChI is InChI=1S/C12H11NO2/c14-10-3-1-8-2-4-11(9-6-15-7-9)13-12(8)5-10/h1-5,9,14H,6-7H2. The van der Waals surface area contributed by atoms with Crippen LogP contribution in [0.1, 0.15) is 11.6 Å². The molecule has 1 fully saturated rings. The van der Waals surface area contributed by atoms with Crippen LogP contribution in [-0.2, 0) is 4.74 Å². The molecule has 0 spiro atoms. The van der Waals surface area contributed by atoms with Gasteiger partial charge in [-0.15, -0.1) is 0 Å². The van der Waals surface area contributed by atoms with Gasteiger partial charge in [-0.25, -0.2) is 0 Å². The molecule has 1 N–H and O–H groups in total. The molecule has 0 unspecified atom stereocenters. The predicted molar refractivity (Wildman–Crippen MR) is 57.0 cm³/mol. The fraction of sp³-hybridized carbons (Fsp3) is 0.250. The molecule has 3 heteroatoms. The van der Waals surface area contributed by atoms with Crippen molar-refractivity contribution in [2.45, 2.75) is 5.92 Å². The van der Waals surface area contributed by atoms with E-state index in [1.165, 1.54) is 0 Å². The molecule has 0 aliphatic carbocycles. The van der Waals surface area contributed by atoms with Crippen LogP contribution in [0.15, 0.2) is 30.3 Å². The van der Waals surface area contributed by atoms with Gasteiger partial charge >= 0.3 is 0 Å². The fourth-order valence-electron chi connectivity index (χ4n) is 1.76. The van der Waals surface area contributed by atoms with E-state index in [4.69, 9.17) is 4.74 Å². The third-order valence-electron chi connectivity index (χ3n) is 2.75. The molecule has 1 saturated heterocycles. The van der Waals surface area contributed by atoms with Crippen molar-refractivity contribution in [3.63, 3.8) is 0 Å². The zero-order valence-electron chi connectivity index (χ0n) is 8.18. The number of hydrogen-bond acceptors (Lipinski definition) is 3. The average Bonchev–Trinajstić information content (AvgIpc) is 2.14. The fourth-order valence-corrected chi connectivity index (χ4v) is 1.76. The molecule has 76 valence electrons. The molecule has 3 rings (SSSR count). The normalized spacial score (nSPS) is 16.5. The van der Waals surface area contributed by atoms with E-state index in [-0.39, 0.29) is 5.75 Å². The summed E-state index contributed by atoms with van der Waals surface area (Å²) in [6.45, 7) is 1.52. The van der Waals surface area contributed by atoms with Crippen molar-refractivity contribution in [1.82, 2.24) is 4.98 Å². The molecule has 0 saturated carbocycles. The van der Waals surface area contributed by atoms with Gasteiger partial charge in [0.05, 0.1) is 18.7 Å². The van der Waals surface area contributed by atoms with Crippen LogP contribution in [0.2, 0.25) is 0 Å². The lowest BCUT2D eigenvalue weighted by molar-refractivity contribution is 0.00684. The molecule has 3 nitrogen and oxygen atoms in total. The van der Waals surface area contributed by atoms with Crippen LogP contribution >= 0.6 is 0 Å². The van der Waals surface area contributed by atoms with Crippen molar-refractivity contribution in [3.05, 3.63) is 36.0 Å². The van der Waals surface area contributed by atoms with Gasteiger partial charge < -0.3 is 9.84 Å². The minimum atomic E-state index is 0.261. The van der Waals surface area contributed by atoms with Gasteiger partial charge in [0.2, 0.25) is 0 Å². The van der Waals surface area contributed by atoms with E-state index >= 15 is 0 Å². The van der Waals surface area contributed by atoms with E-state index in [0.29, 0.717) is 5.92 Å². The summed E-state index contributed by atoms with van der Waals surface area (Å²) >= 11 is 0. The van der Waals surface area contributed by atoms with E-state index in [9.17, 15) is 5.11 Å². The number of rotatable bonds is 1.